The summed E-state index contributed by atoms with van der Waals surface area (Å²) in [6, 6.07) is 6.14. The molecule has 2 heterocycles. The van der Waals surface area contributed by atoms with Crippen molar-refractivity contribution in [2.75, 3.05) is 31.5 Å². The first-order valence-corrected chi connectivity index (χ1v) is 7.85. The molecule has 7 nitrogen and oxygen atoms in total. The van der Waals surface area contributed by atoms with E-state index in [2.05, 4.69) is 10.6 Å². The predicted molar refractivity (Wildman–Crippen MR) is 85.2 cm³/mol. The van der Waals surface area contributed by atoms with Crippen molar-refractivity contribution in [2.45, 2.75) is 19.4 Å². The zero-order valence-electron chi connectivity index (χ0n) is 13.0. The minimum atomic E-state index is -0.656. The smallest absolute Gasteiger partial charge is 0.317 e. The Kier molecular flexibility index (Phi) is 4.18. The van der Waals surface area contributed by atoms with Gasteiger partial charge < -0.3 is 20.4 Å². The highest BCUT2D eigenvalue weighted by Crippen LogP contribution is 2.25. The third-order valence-electron chi connectivity index (χ3n) is 4.17. The Bertz CT molecular complexity index is 646. The Morgan fingerprint density at radius 3 is 2.87 bits per heavy atom. The van der Waals surface area contributed by atoms with E-state index in [4.69, 9.17) is 0 Å². The molecular weight excluding hydrogens is 296 g/mol. The fourth-order valence-electron chi connectivity index (χ4n) is 2.93. The third-order valence-corrected chi connectivity index (χ3v) is 4.17. The van der Waals surface area contributed by atoms with Crippen LogP contribution in [0.4, 0.5) is 10.5 Å². The van der Waals surface area contributed by atoms with Gasteiger partial charge in [0.2, 0.25) is 5.91 Å². The fourth-order valence-corrected chi connectivity index (χ4v) is 2.93. The average Bonchev–Trinajstić information content (AvgIpc) is 2.68. The Balaban J connectivity index is 1.80. The topological polar surface area (TPSA) is 81.8 Å². The van der Waals surface area contributed by atoms with Gasteiger partial charge in [-0.25, -0.2) is 4.79 Å². The summed E-state index contributed by atoms with van der Waals surface area (Å²) in [4.78, 5) is 40.4. The predicted octanol–water partition coefficient (Wildman–Crippen LogP) is 0.885. The van der Waals surface area contributed by atoms with Crippen molar-refractivity contribution in [2.24, 2.45) is 0 Å². The van der Waals surface area contributed by atoms with Gasteiger partial charge in [0, 0.05) is 19.6 Å². The minimum Gasteiger partial charge on any atom is -0.338 e. The molecule has 1 aromatic rings. The summed E-state index contributed by atoms with van der Waals surface area (Å²) < 4.78 is 0. The molecule has 0 unspecified atom stereocenters. The number of anilines is 1. The summed E-state index contributed by atoms with van der Waals surface area (Å²) in [7, 11) is 0. The van der Waals surface area contributed by atoms with Crippen LogP contribution in [0, 0.1) is 0 Å². The quantitative estimate of drug-likeness (QED) is 0.850. The second-order valence-electron chi connectivity index (χ2n) is 5.73. The summed E-state index contributed by atoms with van der Waals surface area (Å²) in [5.74, 6) is -0.422. The van der Waals surface area contributed by atoms with Crippen LogP contribution in [-0.4, -0.2) is 59.9 Å². The number of carbonyl (C=O) groups is 3. The van der Waals surface area contributed by atoms with E-state index in [0.29, 0.717) is 30.9 Å². The van der Waals surface area contributed by atoms with E-state index in [1.165, 1.54) is 0 Å². The molecule has 0 saturated carbocycles. The average molecular weight is 316 g/mol. The summed E-state index contributed by atoms with van der Waals surface area (Å²) >= 11 is 0. The number of piperazine rings is 1. The van der Waals surface area contributed by atoms with Gasteiger partial charge in [-0.1, -0.05) is 19.1 Å². The lowest BCUT2D eigenvalue weighted by Gasteiger charge is -2.39. The van der Waals surface area contributed by atoms with Crippen molar-refractivity contribution in [1.29, 1.82) is 0 Å². The number of benzene rings is 1. The van der Waals surface area contributed by atoms with Crippen molar-refractivity contribution in [3.05, 3.63) is 29.8 Å². The van der Waals surface area contributed by atoms with E-state index in [9.17, 15) is 14.4 Å². The van der Waals surface area contributed by atoms with Crippen molar-refractivity contribution >= 4 is 23.5 Å². The molecule has 0 radical (unpaired) electrons. The summed E-state index contributed by atoms with van der Waals surface area (Å²) in [5.41, 5.74) is 1.02. The van der Waals surface area contributed by atoms with Crippen molar-refractivity contribution in [3.63, 3.8) is 0 Å². The van der Waals surface area contributed by atoms with E-state index >= 15 is 0 Å². The van der Waals surface area contributed by atoms with Gasteiger partial charge in [0.15, 0.2) is 0 Å². The van der Waals surface area contributed by atoms with Gasteiger partial charge in [-0.2, -0.15) is 0 Å². The molecule has 122 valence electrons. The number of rotatable bonds is 2. The van der Waals surface area contributed by atoms with Gasteiger partial charge in [-0.15, -0.1) is 0 Å². The van der Waals surface area contributed by atoms with E-state index in [-0.39, 0.29) is 24.4 Å². The first-order chi connectivity index (χ1) is 11.1. The molecule has 1 atom stereocenters. The monoisotopic (exact) mass is 316 g/mol. The lowest BCUT2D eigenvalue weighted by Crippen LogP contribution is -2.60. The molecule has 0 bridgehead atoms. The molecule has 0 spiro atoms. The number of urea groups is 1. The fraction of sp³-hybridized carbons (Fsp3) is 0.438. The number of nitrogens with one attached hydrogen (secondary N) is 2. The number of carbonyl (C=O) groups excluding carboxylic acids is 3. The highest BCUT2D eigenvalue weighted by Gasteiger charge is 2.40. The van der Waals surface area contributed by atoms with Gasteiger partial charge >= 0.3 is 6.03 Å². The maximum absolute atomic E-state index is 12.7. The molecule has 0 aliphatic carbocycles. The lowest BCUT2D eigenvalue weighted by atomic mass is 10.1. The SMILES string of the molecule is CCCNC(=O)N1CCN2C(=O)c3ccccc3NC(=O)[C@@H]2C1. The third kappa shape index (κ3) is 2.86. The molecule has 7 heteroatoms. The van der Waals surface area contributed by atoms with Crippen LogP contribution >= 0.6 is 0 Å². The van der Waals surface area contributed by atoms with Gasteiger partial charge in [0.05, 0.1) is 17.8 Å². The summed E-state index contributed by atoms with van der Waals surface area (Å²) in [6.45, 7) is 3.56. The van der Waals surface area contributed by atoms with Crippen LogP contribution < -0.4 is 10.6 Å². The molecule has 2 aliphatic heterocycles. The maximum Gasteiger partial charge on any atom is 0.317 e. The van der Waals surface area contributed by atoms with Crippen LogP contribution in [-0.2, 0) is 4.79 Å². The van der Waals surface area contributed by atoms with Crippen LogP contribution in [0.15, 0.2) is 24.3 Å². The minimum absolute atomic E-state index is 0.169. The number of amides is 4. The van der Waals surface area contributed by atoms with E-state index in [1.807, 2.05) is 6.92 Å². The Labute approximate surface area is 134 Å². The first kappa shape index (κ1) is 15.3. The van der Waals surface area contributed by atoms with Crippen LogP contribution in [0.25, 0.3) is 0 Å². The largest absolute Gasteiger partial charge is 0.338 e. The second kappa shape index (κ2) is 6.28. The van der Waals surface area contributed by atoms with Crippen LogP contribution in [0.2, 0.25) is 0 Å². The molecule has 3 rings (SSSR count). The van der Waals surface area contributed by atoms with Crippen LogP contribution in [0.1, 0.15) is 23.7 Å². The highest BCUT2D eigenvalue weighted by atomic mass is 16.2. The zero-order chi connectivity index (χ0) is 16.4. The Hall–Kier alpha value is -2.57. The molecule has 0 aromatic heterocycles. The summed E-state index contributed by atoms with van der Waals surface area (Å²) in [5, 5.41) is 5.60. The van der Waals surface area contributed by atoms with E-state index < -0.39 is 6.04 Å². The van der Waals surface area contributed by atoms with Gasteiger partial charge in [0.25, 0.3) is 5.91 Å². The number of para-hydroxylation sites is 1. The van der Waals surface area contributed by atoms with Crippen molar-refractivity contribution < 1.29 is 14.4 Å². The molecule has 1 aromatic carbocycles. The Morgan fingerprint density at radius 1 is 1.30 bits per heavy atom. The number of nitrogens with zero attached hydrogens (tertiary/aromatic N) is 2. The van der Waals surface area contributed by atoms with Gasteiger partial charge in [-0.3, -0.25) is 9.59 Å². The lowest BCUT2D eigenvalue weighted by molar-refractivity contribution is -0.121. The normalized spacial score (nSPS) is 20.3. The highest BCUT2D eigenvalue weighted by molar-refractivity contribution is 6.10. The molecule has 4 amide bonds. The summed E-state index contributed by atoms with van der Waals surface area (Å²) in [6.07, 6.45) is 0.851. The maximum atomic E-state index is 12.7. The molecule has 1 fully saturated rings. The molecule has 2 N–H and O–H groups in total. The first-order valence-electron chi connectivity index (χ1n) is 7.85. The molecule has 2 aliphatic rings. The molecule has 1 saturated heterocycles. The van der Waals surface area contributed by atoms with Crippen molar-refractivity contribution in [3.8, 4) is 0 Å². The number of hydrogen-bond donors (Lipinski definition) is 2. The van der Waals surface area contributed by atoms with E-state index in [0.717, 1.165) is 6.42 Å². The van der Waals surface area contributed by atoms with E-state index in [1.54, 1.807) is 34.1 Å². The van der Waals surface area contributed by atoms with Gasteiger partial charge in [0.1, 0.15) is 6.04 Å². The zero-order valence-corrected chi connectivity index (χ0v) is 13.0. The Morgan fingerprint density at radius 2 is 2.09 bits per heavy atom. The molecule has 23 heavy (non-hydrogen) atoms. The number of fused-ring (bicyclic) bond motifs is 2. The van der Waals surface area contributed by atoms with Crippen LogP contribution in [0.5, 0.6) is 0 Å². The second-order valence-corrected chi connectivity index (χ2v) is 5.73. The van der Waals surface area contributed by atoms with Gasteiger partial charge in [-0.05, 0) is 18.6 Å². The standard InChI is InChI=1S/C16H20N4O3/c1-2-7-17-16(23)19-8-9-20-13(10-19)14(21)18-12-6-4-3-5-11(12)15(20)22/h3-6,13H,2,7-10H2,1H3,(H,17,23)(H,18,21)/t13-/m0/s1. The number of hydrogen-bond acceptors (Lipinski definition) is 3. The van der Waals surface area contributed by atoms with Crippen molar-refractivity contribution in [1.82, 2.24) is 15.1 Å². The van der Waals surface area contributed by atoms with Crippen LogP contribution in [0.3, 0.4) is 0 Å². The molecular formula is C16H20N4O3.